The second-order valence-corrected chi connectivity index (χ2v) is 13.0. The van der Waals surface area contributed by atoms with E-state index in [0.29, 0.717) is 54.9 Å². The van der Waals surface area contributed by atoms with Crippen LogP contribution in [0.2, 0.25) is 0 Å². The molecule has 35 heavy (non-hydrogen) atoms. The summed E-state index contributed by atoms with van der Waals surface area (Å²) in [5.41, 5.74) is 2.09. The summed E-state index contributed by atoms with van der Waals surface area (Å²) in [6.45, 7) is 7.68. The van der Waals surface area contributed by atoms with Crippen molar-refractivity contribution in [1.82, 2.24) is 10.8 Å². The summed E-state index contributed by atoms with van der Waals surface area (Å²) < 4.78 is 0. The maximum Gasteiger partial charge on any atom is 0.243 e. The highest BCUT2D eigenvalue weighted by atomic mass is 16.5. The monoisotopic (exact) mass is 492 g/mol. The van der Waals surface area contributed by atoms with Crippen LogP contribution < -0.4 is 10.8 Å². The zero-order valence-electron chi connectivity index (χ0n) is 22.0. The third-order valence-electron chi connectivity index (χ3n) is 11.3. The normalized spacial score (nSPS) is 43.4. The first-order chi connectivity index (χ1) is 16.6. The van der Waals surface area contributed by atoms with Crippen LogP contribution in [0.1, 0.15) is 97.8 Å². The molecule has 0 heterocycles. The molecule has 4 aliphatic rings. The van der Waals surface area contributed by atoms with E-state index in [0.717, 1.165) is 32.1 Å². The van der Waals surface area contributed by atoms with E-state index in [2.05, 4.69) is 26.1 Å². The number of aliphatic hydroxyl groups is 2. The Morgan fingerprint density at radius 1 is 0.943 bits per heavy atom. The zero-order chi connectivity index (χ0) is 25.4. The van der Waals surface area contributed by atoms with E-state index in [1.807, 2.05) is 0 Å². The maximum atomic E-state index is 12.4. The molecule has 4 rings (SSSR count). The lowest BCUT2D eigenvalue weighted by molar-refractivity contribution is -0.174. The number of fused-ring (bicyclic) bond motifs is 5. The summed E-state index contributed by atoms with van der Waals surface area (Å²) in [7, 11) is 0. The predicted molar refractivity (Wildman–Crippen MR) is 133 cm³/mol. The molecule has 200 valence electrons. The van der Waals surface area contributed by atoms with Gasteiger partial charge >= 0.3 is 0 Å². The average molecular weight is 493 g/mol. The minimum Gasteiger partial charge on any atom is -0.393 e. The Kier molecular flexibility index (Phi) is 8.19. The highest BCUT2D eigenvalue weighted by Gasteiger charge is 2.62. The second kappa shape index (κ2) is 10.7. The minimum atomic E-state index is -0.430. The van der Waals surface area contributed by atoms with Crippen LogP contribution in [-0.2, 0) is 9.59 Å². The van der Waals surface area contributed by atoms with Crippen LogP contribution in [-0.4, -0.2) is 46.0 Å². The number of nitrogens with one attached hydrogen (secondary N) is 2. The Morgan fingerprint density at radius 3 is 2.40 bits per heavy atom. The topological polar surface area (TPSA) is 119 Å². The molecule has 10 atom stereocenters. The van der Waals surface area contributed by atoms with Gasteiger partial charge in [0.1, 0.15) is 0 Å². The van der Waals surface area contributed by atoms with Crippen LogP contribution in [0.4, 0.5) is 0 Å². The molecule has 0 aromatic rings. The molecule has 7 heteroatoms. The number of carbonyl (C=O) groups is 2. The zero-order valence-corrected chi connectivity index (χ0v) is 22.0. The summed E-state index contributed by atoms with van der Waals surface area (Å²) in [6, 6.07) is 0. The summed E-state index contributed by atoms with van der Waals surface area (Å²) >= 11 is 0. The number of rotatable bonds is 8. The number of hydrogen-bond acceptors (Lipinski definition) is 5. The number of amides is 2. The fourth-order valence-corrected chi connectivity index (χ4v) is 9.36. The molecular formula is C28H48N2O5. The molecule has 4 aliphatic carbocycles. The Labute approximate surface area is 210 Å². The number of hydrogen-bond donors (Lipinski definition) is 5. The van der Waals surface area contributed by atoms with Gasteiger partial charge in [-0.25, -0.2) is 5.48 Å². The van der Waals surface area contributed by atoms with Gasteiger partial charge in [-0.2, -0.15) is 0 Å². The number of hydroxylamine groups is 1. The molecule has 0 unspecified atom stereocenters. The van der Waals surface area contributed by atoms with Gasteiger partial charge in [-0.1, -0.05) is 20.8 Å². The molecule has 0 aromatic heterocycles. The van der Waals surface area contributed by atoms with Crippen LogP contribution in [0.15, 0.2) is 0 Å². The van der Waals surface area contributed by atoms with Crippen molar-refractivity contribution in [2.45, 2.75) is 110 Å². The quantitative estimate of drug-likeness (QED) is 0.201. The van der Waals surface area contributed by atoms with Gasteiger partial charge in [0.25, 0.3) is 0 Å². The highest BCUT2D eigenvalue weighted by molar-refractivity contribution is 5.76. The standard InChI is InChI=1S/C28H48N2O5/c1-17(6-9-24(33)29-14-4-5-25(34)30-35)20-7-8-21-26-22(11-13-28(20,21)3)27(2)12-10-19(31)15-18(27)16-23(26)32/h17-23,26,31-32,35H,4-16H2,1-3H3,(H,29,33)(H,30,34)/t17-,18+,19-,20-,21+,22+,23+,26+,27+,28-/m1/s1. The molecule has 4 fully saturated rings. The van der Waals surface area contributed by atoms with Gasteiger partial charge in [0.2, 0.25) is 11.8 Å². The third-order valence-corrected chi connectivity index (χ3v) is 11.3. The Hall–Kier alpha value is -1.18. The van der Waals surface area contributed by atoms with Gasteiger partial charge in [-0.3, -0.25) is 14.8 Å². The fourth-order valence-electron chi connectivity index (χ4n) is 9.36. The minimum absolute atomic E-state index is 0.0332. The summed E-state index contributed by atoms with van der Waals surface area (Å²) in [4.78, 5) is 23.4. The largest absolute Gasteiger partial charge is 0.393 e. The SMILES string of the molecule is C[C@H](CCC(=O)NCCCC(=O)NO)[C@H]1CC[C@H]2[C@@H]3[C@@H](O)C[C@@H]4C[C@H](O)CC[C@]4(C)[C@H]3CC[C@]12C. The average Bonchev–Trinajstić information content (AvgIpc) is 3.18. The van der Waals surface area contributed by atoms with Crippen molar-refractivity contribution in [3.05, 3.63) is 0 Å². The van der Waals surface area contributed by atoms with Crippen molar-refractivity contribution < 1.29 is 25.0 Å². The van der Waals surface area contributed by atoms with Crippen molar-refractivity contribution in [2.75, 3.05) is 6.54 Å². The van der Waals surface area contributed by atoms with Crippen LogP contribution in [0.3, 0.4) is 0 Å². The first-order valence-corrected chi connectivity index (χ1v) is 14.2. The smallest absolute Gasteiger partial charge is 0.243 e. The number of carbonyl (C=O) groups excluding carboxylic acids is 2. The molecule has 0 spiro atoms. The molecular weight excluding hydrogens is 444 g/mol. The van der Waals surface area contributed by atoms with E-state index in [4.69, 9.17) is 5.21 Å². The first kappa shape index (κ1) is 26.9. The van der Waals surface area contributed by atoms with E-state index >= 15 is 0 Å². The lowest BCUT2D eigenvalue weighted by atomic mass is 9.43. The van der Waals surface area contributed by atoms with Crippen LogP contribution >= 0.6 is 0 Å². The van der Waals surface area contributed by atoms with E-state index < -0.39 is 5.91 Å². The van der Waals surface area contributed by atoms with Gasteiger partial charge in [0.05, 0.1) is 12.2 Å². The molecule has 0 aliphatic heterocycles. The van der Waals surface area contributed by atoms with Crippen molar-refractivity contribution in [3.63, 3.8) is 0 Å². The van der Waals surface area contributed by atoms with Crippen molar-refractivity contribution in [2.24, 2.45) is 46.3 Å². The van der Waals surface area contributed by atoms with E-state index in [-0.39, 0.29) is 35.4 Å². The molecule has 4 saturated carbocycles. The van der Waals surface area contributed by atoms with Crippen LogP contribution in [0.25, 0.3) is 0 Å². The summed E-state index contributed by atoms with van der Waals surface area (Å²) in [5.74, 6) is 2.59. The van der Waals surface area contributed by atoms with Gasteiger partial charge in [-0.05, 0) is 111 Å². The third kappa shape index (κ3) is 5.15. The highest BCUT2D eigenvalue weighted by Crippen LogP contribution is 2.68. The molecule has 0 radical (unpaired) electrons. The fraction of sp³-hybridized carbons (Fsp3) is 0.929. The van der Waals surface area contributed by atoms with E-state index in [9.17, 15) is 19.8 Å². The Bertz CT molecular complexity index is 776. The predicted octanol–water partition coefficient (Wildman–Crippen LogP) is 3.80. The van der Waals surface area contributed by atoms with E-state index in [1.165, 1.54) is 25.7 Å². The first-order valence-electron chi connectivity index (χ1n) is 14.2. The van der Waals surface area contributed by atoms with Crippen LogP contribution in [0, 0.1) is 46.3 Å². The lowest BCUT2D eigenvalue weighted by Crippen LogP contribution is -2.58. The Balaban J connectivity index is 1.34. The maximum absolute atomic E-state index is 12.4. The Morgan fingerprint density at radius 2 is 1.66 bits per heavy atom. The summed E-state index contributed by atoms with van der Waals surface area (Å²) in [6.07, 6.45) is 10.1. The second-order valence-electron chi connectivity index (χ2n) is 13.0. The van der Waals surface area contributed by atoms with Crippen molar-refractivity contribution >= 4 is 11.8 Å². The van der Waals surface area contributed by atoms with Gasteiger partial charge in [-0.15, -0.1) is 0 Å². The van der Waals surface area contributed by atoms with Gasteiger partial charge < -0.3 is 15.5 Å². The molecule has 2 amide bonds. The lowest BCUT2D eigenvalue weighted by Gasteiger charge is -2.62. The van der Waals surface area contributed by atoms with Crippen molar-refractivity contribution in [1.29, 1.82) is 0 Å². The molecule has 0 bridgehead atoms. The van der Waals surface area contributed by atoms with Crippen molar-refractivity contribution in [3.8, 4) is 0 Å². The van der Waals surface area contributed by atoms with Gasteiger partial charge in [0.15, 0.2) is 0 Å². The number of aliphatic hydroxyl groups excluding tert-OH is 2. The molecule has 7 nitrogen and oxygen atoms in total. The molecule has 5 N–H and O–H groups in total. The van der Waals surface area contributed by atoms with E-state index in [1.54, 1.807) is 5.48 Å². The molecule has 0 saturated heterocycles. The van der Waals surface area contributed by atoms with Gasteiger partial charge in [0, 0.05) is 19.4 Å². The summed E-state index contributed by atoms with van der Waals surface area (Å²) in [5, 5.41) is 33.1. The molecule has 0 aromatic carbocycles. The van der Waals surface area contributed by atoms with Crippen LogP contribution in [0.5, 0.6) is 0 Å².